The van der Waals surface area contributed by atoms with Gasteiger partial charge in [-0.25, -0.2) is 0 Å². The molecule has 0 unspecified atom stereocenters. The molecule has 0 heterocycles. The molecule has 0 aromatic rings. The number of aliphatic hydroxyl groups is 1. The van der Waals surface area contributed by atoms with Crippen LogP contribution in [0.25, 0.3) is 0 Å². The van der Waals surface area contributed by atoms with E-state index in [0.717, 1.165) is 12.8 Å². The smallest absolute Gasteiger partial charge is 0.0465 e. The summed E-state index contributed by atoms with van der Waals surface area (Å²) in [5.41, 5.74) is 0.381. The van der Waals surface area contributed by atoms with Crippen LogP contribution >= 0.6 is 0 Å². The molecule has 0 aromatic carbocycles. The van der Waals surface area contributed by atoms with Gasteiger partial charge in [0.1, 0.15) is 0 Å². The van der Waals surface area contributed by atoms with E-state index in [1.165, 1.54) is 0 Å². The maximum Gasteiger partial charge on any atom is 0.0465 e. The summed E-state index contributed by atoms with van der Waals surface area (Å²) < 4.78 is 0. The molecule has 0 bridgehead atoms. The SMILES string of the molecule is CC(C)(C)CC=CCCO. The fourth-order valence-electron chi connectivity index (χ4n) is 0.629. The molecule has 0 aliphatic rings. The van der Waals surface area contributed by atoms with Crippen LogP contribution in [-0.4, -0.2) is 11.7 Å². The highest BCUT2D eigenvalue weighted by Gasteiger charge is 2.05. The van der Waals surface area contributed by atoms with Crippen LogP contribution in [0.2, 0.25) is 0 Å². The average molecular weight is 142 g/mol. The highest BCUT2D eigenvalue weighted by molar-refractivity contribution is 4.85. The lowest BCUT2D eigenvalue weighted by atomic mass is 9.92. The summed E-state index contributed by atoms with van der Waals surface area (Å²) in [6.45, 7) is 6.88. The van der Waals surface area contributed by atoms with Gasteiger partial charge in [-0.2, -0.15) is 0 Å². The van der Waals surface area contributed by atoms with Gasteiger partial charge in [-0.3, -0.25) is 0 Å². The Morgan fingerprint density at radius 2 is 1.80 bits per heavy atom. The van der Waals surface area contributed by atoms with Crippen LogP contribution in [0.3, 0.4) is 0 Å². The second-order valence-electron chi connectivity index (χ2n) is 3.75. The molecule has 10 heavy (non-hydrogen) atoms. The zero-order valence-electron chi connectivity index (χ0n) is 7.22. The fourth-order valence-corrected chi connectivity index (χ4v) is 0.629. The van der Waals surface area contributed by atoms with E-state index in [-0.39, 0.29) is 6.61 Å². The van der Waals surface area contributed by atoms with Gasteiger partial charge in [0.25, 0.3) is 0 Å². The van der Waals surface area contributed by atoms with Gasteiger partial charge in [0.05, 0.1) is 0 Å². The third-order valence-electron chi connectivity index (χ3n) is 1.19. The van der Waals surface area contributed by atoms with Crippen molar-refractivity contribution in [3.63, 3.8) is 0 Å². The predicted molar refractivity (Wildman–Crippen MR) is 44.9 cm³/mol. The molecule has 0 amide bonds. The highest BCUT2D eigenvalue weighted by atomic mass is 16.2. The first-order valence-corrected chi connectivity index (χ1v) is 3.82. The Labute approximate surface area is 63.8 Å². The van der Waals surface area contributed by atoms with Gasteiger partial charge in [-0.15, -0.1) is 0 Å². The summed E-state index contributed by atoms with van der Waals surface area (Å²) in [7, 11) is 0. The van der Waals surface area contributed by atoms with Crippen molar-refractivity contribution in [2.75, 3.05) is 6.61 Å². The molecule has 60 valence electrons. The van der Waals surface area contributed by atoms with Gasteiger partial charge in [-0.1, -0.05) is 32.9 Å². The van der Waals surface area contributed by atoms with Crippen molar-refractivity contribution in [3.8, 4) is 0 Å². The van der Waals surface area contributed by atoms with Gasteiger partial charge >= 0.3 is 0 Å². The van der Waals surface area contributed by atoms with Crippen molar-refractivity contribution in [3.05, 3.63) is 12.2 Å². The van der Waals surface area contributed by atoms with E-state index < -0.39 is 0 Å². The minimum absolute atomic E-state index is 0.265. The van der Waals surface area contributed by atoms with Crippen LogP contribution in [-0.2, 0) is 0 Å². The van der Waals surface area contributed by atoms with E-state index in [9.17, 15) is 0 Å². The minimum Gasteiger partial charge on any atom is -0.396 e. The van der Waals surface area contributed by atoms with Crippen LogP contribution in [0.4, 0.5) is 0 Å². The first-order chi connectivity index (χ1) is 4.56. The maximum absolute atomic E-state index is 8.44. The lowest BCUT2D eigenvalue weighted by molar-refractivity contribution is 0.302. The molecule has 0 saturated carbocycles. The molecule has 0 saturated heterocycles. The number of rotatable bonds is 3. The van der Waals surface area contributed by atoms with Crippen molar-refractivity contribution in [1.82, 2.24) is 0 Å². The first kappa shape index (κ1) is 9.70. The first-order valence-electron chi connectivity index (χ1n) is 3.82. The topological polar surface area (TPSA) is 20.2 Å². The van der Waals surface area contributed by atoms with Gasteiger partial charge in [0.2, 0.25) is 0 Å². The Balaban J connectivity index is 3.34. The third kappa shape index (κ3) is 7.70. The zero-order chi connectivity index (χ0) is 8.04. The van der Waals surface area contributed by atoms with Crippen LogP contribution in [0.1, 0.15) is 33.6 Å². The second-order valence-corrected chi connectivity index (χ2v) is 3.75. The van der Waals surface area contributed by atoms with Crippen LogP contribution < -0.4 is 0 Å². The standard InChI is InChI=1S/C9H18O/c1-9(2,3)7-5-4-6-8-10/h4-5,10H,6-8H2,1-3H3. The van der Waals surface area contributed by atoms with E-state index in [1.54, 1.807) is 0 Å². The largest absolute Gasteiger partial charge is 0.396 e. The van der Waals surface area contributed by atoms with E-state index in [1.807, 2.05) is 6.08 Å². The van der Waals surface area contributed by atoms with Gasteiger partial charge in [0, 0.05) is 6.61 Å². The van der Waals surface area contributed by atoms with E-state index in [0.29, 0.717) is 5.41 Å². The number of hydrogen-bond acceptors (Lipinski definition) is 1. The number of aliphatic hydroxyl groups excluding tert-OH is 1. The Morgan fingerprint density at radius 1 is 1.20 bits per heavy atom. The maximum atomic E-state index is 8.44. The average Bonchev–Trinajstić information content (AvgIpc) is 1.78. The summed E-state index contributed by atoms with van der Waals surface area (Å²) in [6, 6.07) is 0. The Kier molecular flexibility index (Phi) is 4.37. The molecule has 0 spiro atoms. The molecular weight excluding hydrogens is 124 g/mol. The summed E-state index contributed by atoms with van der Waals surface area (Å²) >= 11 is 0. The van der Waals surface area contributed by atoms with Crippen LogP contribution in [0.15, 0.2) is 12.2 Å². The molecule has 0 radical (unpaired) electrons. The van der Waals surface area contributed by atoms with Gasteiger partial charge in [-0.05, 0) is 18.3 Å². The minimum atomic E-state index is 0.265. The lowest BCUT2D eigenvalue weighted by Gasteiger charge is -2.14. The monoisotopic (exact) mass is 142 g/mol. The number of allylic oxidation sites excluding steroid dienone is 1. The predicted octanol–water partition coefficient (Wildman–Crippen LogP) is 2.36. The summed E-state index contributed by atoms with van der Waals surface area (Å²) in [4.78, 5) is 0. The molecule has 0 fully saturated rings. The van der Waals surface area contributed by atoms with Crippen molar-refractivity contribution < 1.29 is 5.11 Å². The molecule has 0 aliphatic heterocycles. The van der Waals surface area contributed by atoms with E-state index in [2.05, 4.69) is 26.8 Å². The summed E-state index contributed by atoms with van der Waals surface area (Å²) in [6.07, 6.45) is 6.05. The van der Waals surface area contributed by atoms with Crippen LogP contribution in [0, 0.1) is 5.41 Å². The lowest BCUT2D eigenvalue weighted by Crippen LogP contribution is -2.01. The molecule has 1 N–H and O–H groups in total. The second kappa shape index (κ2) is 4.51. The van der Waals surface area contributed by atoms with Crippen molar-refractivity contribution >= 4 is 0 Å². The summed E-state index contributed by atoms with van der Waals surface area (Å²) in [5.74, 6) is 0. The molecule has 0 aliphatic carbocycles. The fraction of sp³-hybridized carbons (Fsp3) is 0.778. The van der Waals surface area contributed by atoms with Crippen molar-refractivity contribution in [2.24, 2.45) is 5.41 Å². The van der Waals surface area contributed by atoms with Crippen molar-refractivity contribution in [2.45, 2.75) is 33.6 Å². The normalized spacial score (nSPS) is 12.8. The van der Waals surface area contributed by atoms with Crippen molar-refractivity contribution in [1.29, 1.82) is 0 Å². The quantitative estimate of drug-likeness (QED) is 0.600. The highest BCUT2D eigenvalue weighted by Crippen LogP contribution is 2.18. The Morgan fingerprint density at radius 3 is 2.20 bits per heavy atom. The van der Waals surface area contributed by atoms with Crippen LogP contribution in [0.5, 0.6) is 0 Å². The Hall–Kier alpha value is -0.300. The molecule has 1 heteroatoms. The molecular formula is C9H18O. The van der Waals surface area contributed by atoms with E-state index >= 15 is 0 Å². The number of hydrogen-bond donors (Lipinski definition) is 1. The molecule has 1 nitrogen and oxygen atoms in total. The van der Waals surface area contributed by atoms with E-state index in [4.69, 9.17) is 5.11 Å². The molecule has 0 aromatic heterocycles. The van der Waals surface area contributed by atoms with Gasteiger partial charge < -0.3 is 5.11 Å². The zero-order valence-corrected chi connectivity index (χ0v) is 7.22. The Bertz CT molecular complexity index is 97.8. The third-order valence-corrected chi connectivity index (χ3v) is 1.19. The van der Waals surface area contributed by atoms with Gasteiger partial charge in [0.15, 0.2) is 0 Å². The summed E-state index contributed by atoms with van der Waals surface area (Å²) in [5, 5.41) is 8.44. The molecule has 0 rings (SSSR count). The molecule has 0 atom stereocenters.